The number of amides is 1. The highest BCUT2D eigenvalue weighted by atomic mass is 19.1. The number of rotatable bonds is 4. The quantitative estimate of drug-likeness (QED) is 0.727. The monoisotopic (exact) mass is 346 g/mol. The minimum Gasteiger partial charge on any atom is -0.464 e. The van der Waals surface area contributed by atoms with E-state index in [0.29, 0.717) is 0 Å². The lowest BCUT2D eigenvalue weighted by Gasteiger charge is -2.08. The number of ether oxygens (including phenoxy) is 1. The second-order valence-electron chi connectivity index (χ2n) is 5.08. The first-order valence-corrected chi connectivity index (χ1v) is 7.14. The van der Waals surface area contributed by atoms with Crippen molar-refractivity contribution in [2.24, 2.45) is 0 Å². The Kier molecular flexibility index (Phi) is 4.38. The molecule has 1 N–H and O–H groups in total. The highest BCUT2D eigenvalue weighted by Gasteiger charge is 2.17. The summed E-state index contributed by atoms with van der Waals surface area (Å²) in [5.74, 6) is -2.78. The van der Waals surface area contributed by atoms with Crippen molar-refractivity contribution in [2.45, 2.75) is 6.54 Å². The molecule has 0 radical (unpaired) electrons. The van der Waals surface area contributed by atoms with Gasteiger partial charge >= 0.3 is 5.97 Å². The summed E-state index contributed by atoms with van der Waals surface area (Å²) in [4.78, 5) is 28.2. The SMILES string of the molecule is COC(=O)c1cc(C(=O)NCc2cc(F)cc(F)c2)nc2ccnn12. The molecule has 25 heavy (non-hydrogen) atoms. The number of aromatic nitrogens is 3. The number of carbonyl (C=O) groups excluding carboxylic acids is 2. The highest BCUT2D eigenvalue weighted by molar-refractivity contribution is 5.96. The summed E-state index contributed by atoms with van der Waals surface area (Å²) >= 11 is 0. The lowest BCUT2D eigenvalue weighted by molar-refractivity contribution is 0.0590. The molecule has 0 saturated heterocycles. The summed E-state index contributed by atoms with van der Waals surface area (Å²) in [6.45, 7) is -0.104. The van der Waals surface area contributed by atoms with Gasteiger partial charge in [-0.2, -0.15) is 5.10 Å². The van der Waals surface area contributed by atoms with Crippen molar-refractivity contribution in [3.8, 4) is 0 Å². The molecule has 3 rings (SSSR count). The van der Waals surface area contributed by atoms with Gasteiger partial charge in [0, 0.05) is 24.7 Å². The summed E-state index contributed by atoms with van der Waals surface area (Å²) < 4.78 is 32.2. The normalized spacial score (nSPS) is 10.7. The van der Waals surface area contributed by atoms with Crippen LogP contribution in [0.3, 0.4) is 0 Å². The van der Waals surface area contributed by atoms with E-state index in [0.717, 1.165) is 18.2 Å². The first-order valence-electron chi connectivity index (χ1n) is 7.14. The Balaban J connectivity index is 1.85. The molecule has 7 nitrogen and oxygen atoms in total. The average Bonchev–Trinajstić information content (AvgIpc) is 3.05. The number of carbonyl (C=O) groups is 2. The van der Waals surface area contributed by atoms with E-state index in [4.69, 9.17) is 0 Å². The summed E-state index contributed by atoms with van der Waals surface area (Å²) in [6, 6.07) is 5.70. The molecule has 0 saturated carbocycles. The smallest absolute Gasteiger partial charge is 0.356 e. The predicted octanol–water partition coefficient (Wildman–Crippen LogP) is 1.72. The van der Waals surface area contributed by atoms with Crippen LogP contribution in [0.5, 0.6) is 0 Å². The molecule has 2 aromatic heterocycles. The van der Waals surface area contributed by atoms with Gasteiger partial charge in [-0.3, -0.25) is 4.79 Å². The van der Waals surface area contributed by atoms with Crippen LogP contribution in [0.15, 0.2) is 36.5 Å². The van der Waals surface area contributed by atoms with E-state index < -0.39 is 23.5 Å². The molecule has 0 spiro atoms. The molecule has 1 amide bonds. The largest absolute Gasteiger partial charge is 0.464 e. The highest BCUT2D eigenvalue weighted by Crippen LogP contribution is 2.10. The van der Waals surface area contributed by atoms with Crippen LogP contribution in [0, 0.1) is 11.6 Å². The van der Waals surface area contributed by atoms with E-state index in [1.807, 2.05) is 0 Å². The Morgan fingerprint density at radius 3 is 2.60 bits per heavy atom. The van der Waals surface area contributed by atoms with Crippen molar-refractivity contribution in [1.29, 1.82) is 0 Å². The fraction of sp³-hybridized carbons (Fsp3) is 0.125. The summed E-state index contributed by atoms with van der Waals surface area (Å²) in [7, 11) is 1.20. The van der Waals surface area contributed by atoms with Gasteiger partial charge in [0.15, 0.2) is 11.3 Å². The molecule has 0 fully saturated rings. The number of halogens is 2. The standard InChI is InChI=1S/C16H12F2N4O3/c1-25-16(24)13-7-12(21-14-2-3-20-22(13)14)15(23)19-8-9-4-10(17)6-11(18)5-9/h2-7H,8H2,1H3,(H,19,23). The number of methoxy groups -OCH3 is 1. The number of nitrogens with one attached hydrogen (secondary N) is 1. The van der Waals surface area contributed by atoms with E-state index in [1.54, 1.807) is 0 Å². The van der Waals surface area contributed by atoms with Crippen LogP contribution in [0.25, 0.3) is 5.65 Å². The van der Waals surface area contributed by atoms with Crippen molar-refractivity contribution >= 4 is 17.5 Å². The van der Waals surface area contributed by atoms with Crippen molar-refractivity contribution < 1.29 is 23.1 Å². The maximum Gasteiger partial charge on any atom is 0.356 e. The predicted molar refractivity (Wildman–Crippen MR) is 81.9 cm³/mol. The van der Waals surface area contributed by atoms with Gasteiger partial charge in [-0.25, -0.2) is 23.1 Å². The topological polar surface area (TPSA) is 85.6 Å². The van der Waals surface area contributed by atoms with Crippen molar-refractivity contribution in [2.75, 3.05) is 7.11 Å². The molecule has 3 aromatic rings. The van der Waals surface area contributed by atoms with Gasteiger partial charge in [-0.05, 0) is 17.7 Å². The van der Waals surface area contributed by atoms with E-state index >= 15 is 0 Å². The van der Waals surface area contributed by atoms with E-state index in [9.17, 15) is 18.4 Å². The molecule has 0 aliphatic carbocycles. The average molecular weight is 346 g/mol. The third kappa shape index (κ3) is 3.44. The van der Waals surface area contributed by atoms with Gasteiger partial charge in [-0.1, -0.05) is 0 Å². The fourth-order valence-electron chi connectivity index (χ4n) is 2.27. The second-order valence-corrected chi connectivity index (χ2v) is 5.08. The van der Waals surface area contributed by atoms with Crippen molar-refractivity contribution in [1.82, 2.24) is 19.9 Å². The fourth-order valence-corrected chi connectivity index (χ4v) is 2.27. The number of nitrogens with zero attached hydrogens (tertiary/aromatic N) is 3. The third-order valence-electron chi connectivity index (χ3n) is 3.36. The van der Waals surface area contributed by atoms with Crippen molar-refractivity contribution in [3.05, 3.63) is 65.1 Å². The molecule has 0 bridgehead atoms. The van der Waals surface area contributed by atoms with Crippen LogP contribution in [0.2, 0.25) is 0 Å². The molecule has 0 unspecified atom stereocenters. The number of benzene rings is 1. The zero-order valence-corrected chi connectivity index (χ0v) is 13.0. The Morgan fingerprint density at radius 1 is 1.20 bits per heavy atom. The zero-order chi connectivity index (χ0) is 18.0. The minimum absolute atomic E-state index is 0.0273. The third-order valence-corrected chi connectivity index (χ3v) is 3.36. The van der Waals surface area contributed by atoms with Crippen LogP contribution >= 0.6 is 0 Å². The molecule has 128 valence electrons. The first-order chi connectivity index (χ1) is 12.0. The Bertz CT molecular complexity index is 951. The van der Waals surface area contributed by atoms with Crippen LogP contribution in [0.1, 0.15) is 26.5 Å². The molecule has 2 heterocycles. The van der Waals surface area contributed by atoms with Crippen LogP contribution < -0.4 is 5.32 Å². The maximum atomic E-state index is 13.2. The molecular weight excluding hydrogens is 334 g/mol. The van der Waals surface area contributed by atoms with Gasteiger partial charge in [-0.15, -0.1) is 0 Å². The Labute approximate surface area is 140 Å². The number of hydrogen-bond acceptors (Lipinski definition) is 5. The van der Waals surface area contributed by atoms with Crippen LogP contribution in [-0.2, 0) is 11.3 Å². The van der Waals surface area contributed by atoms with Crippen LogP contribution in [0.4, 0.5) is 8.78 Å². The summed E-state index contributed by atoms with van der Waals surface area (Å²) in [6.07, 6.45) is 1.42. The molecular formula is C16H12F2N4O3. The molecule has 0 atom stereocenters. The minimum atomic E-state index is -0.740. The number of esters is 1. The lowest BCUT2D eigenvalue weighted by Crippen LogP contribution is -2.25. The van der Waals surface area contributed by atoms with E-state index in [2.05, 4.69) is 20.1 Å². The van der Waals surface area contributed by atoms with Gasteiger partial charge in [0.2, 0.25) is 0 Å². The Morgan fingerprint density at radius 2 is 1.92 bits per heavy atom. The summed E-state index contributed by atoms with van der Waals surface area (Å²) in [5, 5.41) is 6.43. The van der Waals surface area contributed by atoms with E-state index in [-0.39, 0.29) is 29.1 Å². The maximum absolute atomic E-state index is 13.2. The van der Waals surface area contributed by atoms with Crippen molar-refractivity contribution in [3.63, 3.8) is 0 Å². The summed E-state index contributed by atoms with van der Waals surface area (Å²) in [5.41, 5.74) is 0.513. The van der Waals surface area contributed by atoms with E-state index in [1.165, 1.54) is 30.0 Å². The first kappa shape index (κ1) is 16.5. The molecule has 9 heteroatoms. The number of fused-ring (bicyclic) bond motifs is 1. The molecule has 0 aliphatic heterocycles. The van der Waals surface area contributed by atoms with Gasteiger partial charge < -0.3 is 10.1 Å². The number of hydrogen-bond donors (Lipinski definition) is 1. The van der Waals surface area contributed by atoms with Gasteiger partial charge in [0.25, 0.3) is 5.91 Å². The van der Waals surface area contributed by atoms with Gasteiger partial charge in [0.05, 0.1) is 13.3 Å². The lowest BCUT2D eigenvalue weighted by atomic mass is 10.2. The van der Waals surface area contributed by atoms with Crippen LogP contribution in [-0.4, -0.2) is 33.6 Å². The van der Waals surface area contributed by atoms with Gasteiger partial charge in [0.1, 0.15) is 17.3 Å². The Hall–Kier alpha value is -3.36. The molecule has 0 aliphatic rings. The zero-order valence-electron chi connectivity index (χ0n) is 13.0. The second kappa shape index (κ2) is 6.63. The molecule has 1 aromatic carbocycles.